The second-order valence-corrected chi connectivity index (χ2v) is 7.68. The van der Waals surface area contributed by atoms with Crippen molar-refractivity contribution in [1.29, 1.82) is 10.5 Å². The maximum atomic E-state index is 13.1. The summed E-state index contributed by atoms with van der Waals surface area (Å²) in [5, 5.41) is 18.7. The lowest BCUT2D eigenvalue weighted by atomic mass is 10.1. The number of nitriles is 2. The first-order valence-electron chi connectivity index (χ1n) is 10.0. The van der Waals surface area contributed by atoms with Gasteiger partial charge in [-0.1, -0.05) is 18.2 Å². The molecule has 1 aromatic carbocycles. The number of anilines is 1. The summed E-state index contributed by atoms with van der Waals surface area (Å²) in [5.74, 6) is 0.507. The number of imidazole rings is 1. The van der Waals surface area contributed by atoms with Gasteiger partial charge in [-0.2, -0.15) is 15.5 Å². The molecule has 4 rings (SSSR count). The van der Waals surface area contributed by atoms with Crippen LogP contribution in [-0.2, 0) is 20.1 Å². The normalized spacial score (nSPS) is 16.3. The molecular formula is C21H22N8O2. The number of fused-ring (bicyclic) bond motifs is 1. The third kappa shape index (κ3) is 3.47. The van der Waals surface area contributed by atoms with Crippen LogP contribution in [0.2, 0.25) is 0 Å². The molecule has 1 aliphatic heterocycles. The summed E-state index contributed by atoms with van der Waals surface area (Å²) in [4.78, 5) is 32.4. The molecule has 0 amide bonds. The summed E-state index contributed by atoms with van der Waals surface area (Å²) in [5.41, 5.74) is 6.69. The van der Waals surface area contributed by atoms with Crippen molar-refractivity contribution in [3.8, 4) is 12.1 Å². The molecule has 1 atom stereocenters. The van der Waals surface area contributed by atoms with E-state index in [-0.39, 0.29) is 30.3 Å². The van der Waals surface area contributed by atoms with Gasteiger partial charge in [0, 0.05) is 26.2 Å². The predicted octanol–water partition coefficient (Wildman–Crippen LogP) is 0.268. The van der Waals surface area contributed by atoms with E-state index in [2.05, 4.69) is 11.1 Å². The second kappa shape index (κ2) is 8.09. The zero-order valence-corrected chi connectivity index (χ0v) is 17.2. The molecule has 3 heterocycles. The molecule has 0 radical (unpaired) electrons. The molecule has 158 valence electrons. The Morgan fingerprint density at radius 2 is 2.00 bits per heavy atom. The molecular weight excluding hydrogens is 396 g/mol. The molecule has 1 unspecified atom stereocenters. The third-order valence-corrected chi connectivity index (χ3v) is 5.65. The maximum absolute atomic E-state index is 13.1. The second-order valence-electron chi connectivity index (χ2n) is 7.68. The Kier molecular flexibility index (Phi) is 5.32. The fourth-order valence-corrected chi connectivity index (χ4v) is 4.08. The van der Waals surface area contributed by atoms with Gasteiger partial charge in [-0.15, -0.1) is 0 Å². The van der Waals surface area contributed by atoms with E-state index in [9.17, 15) is 20.1 Å². The van der Waals surface area contributed by atoms with Crippen molar-refractivity contribution in [2.45, 2.75) is 32.0 Å². The minimum absolute atomic E-state index is 0.0301. The maximum Gasteiger partial charge on any atom is 0.333 e. The number of hydrogen-bond acceptors (Lipinski definition) is 7. The van der Waals surface area contributed by atoms with Gasteiger partial charge in [0.2, 0.25) is 5.95 Å². The van der Waals surface area contributed by atoms with E-state index in [0.717, 1.165) is 23.0 Å². The summed E-state index contributed by atoms with van der Waals surface area (Å²) < 4.78 is 3.93. The zero-order chi connectivity index (χ0) is 22.1. The molecule has 0 saturated carbocycles. The fraction of sp³-hybridized carbons (Fsp3) is 0.381. The van der Waals surface area contributed by atoms with Gasteiger partial charge >= 0.3 is 5.69 Å². The molecule has 3 aromatic rings. The zero-order valence-electron chi connectivity index (χ0n) is 17.2. The van der Waals surface area contributed by atoms with E-state index >= 15 is 0 Å². The van der Waals surface area contributed by atoms with Crippen molar-refractivity contribution in [2.75, 3.05) is 18.0 Å². The van der Waals surface area contributed by atoms with Crippen molar-refractivity contribution in [2.24, 2.45) is 12.8 Å². The Labute approximate surface area is 178 Å². The minimum Gasteiger partial charge on any atom is -0.341 e. The average molecular weight is 418 g/mol. The monoisotopic (exact) mass is 418 g/mol. The Morgan fingerprint density at radius 3 is 2.71 bits per heavy atom. The van der Waals surface area contributed by atoms with E-state index in [1.807, 2.05) is 23.1 Å². The van der Waals surface area contributed by atoms with Gasteiger partial charge in [-0.3, -0.25) is 18.5 Å². The number of hydrogen-bond donors (Lipinski definition) is 1. The summed E-state index contributed by atoms with van der Waals surface area (Å²) in [6.45, 7) is 1.27. The molecule has 1 fully saturated rings. The van der Waals surface area contributed by atoms with E-state index in [0.29, 0.717) is 24.6 Å². The average Bonchev–Trinajstić information content (AvgIpc) is 3.14. The highest BCUT2D eigenvalue weighted by atomic mass is 16.2. The van der Waals surface area contributed by atoms with Gasteiger partial charge in [-0.25, -0.2) is 4.79 Å². The van der Waals surface area contributed by atoms with E-state index in [1.54, 1.807) is 16.7 Å². The fourth-order valence-electron chi connectivity index (χ4n) is 4.08. The number of nitrogens with two attached hydrogens (primary N) is 1. The van der Waals surface area contributed by atoms with Crippen molar-refractivity contribution in [3.63, 3.8) is 0 Å². The van der Waals surface area contributed by atoms with E-state index in [1.165, 1.54) is 11.6 Å². The van der Waals surface area contributed by atoms with Gasteiger partial charge < -0.3 is 10.6 Å². The summed E-state index contributed by atoms with van der Waals surface area (Å²) >= 11 is 0. The smallest absolute Gasteiger partial charge is 0.333 e. The van der Waals surface area contributed by atoms with Crippen LogP contribution < -0.4 is 21.9 Å². The first-order chi connectivity index (χ1) is 15.0. The van der Waals surface area contributed by atoms with Gasteiger partial charge in [0.15, 0.2) is 11.2 Å². The number of nitrogens with zero attached hydrogens (tertiary/aromatic N) is 7. The van der Waals surface area contributed by atoms with Crippen LogP contribution in [0.1, 0.15) is 24.0 Å². The molecule has 0 aliphatic carbocycles. The van der Waals surface area contributed by atoms with Crippen LogP contribution in [0.15, 0.2) is 33.9 Å². The van der Waals surface area contributed by atoms with Gasteiger partial charge in [0.1, 0.15) is 6.54 Å². The standard InChI is InChI=1S/C21H22N8O2/c1-26-19(30)17-18(28(10-8-22)21(26)31)25-20(27-9-4-7-16(24)13-27)29(17)12-15-6-3-2-5-14(15)11-23/h2-3,5-6,16H,4,7,9-10,12-13,24H2,1H3. The first kappa shape index (κ1) is 20.4. The van der Waals surface area contributed by atoms with Crippen molar-refractivity contribution in [1.82, 2.24) is 18.7 Å². The van der Waals surface area contributed by atoms with Crippen LogP contribution in [0.25, 0.3) is 11.2 Å². The molecule has 2 aromatic heterocycles. The largest absolute Gasteiger partial charge is 0.341 e. The predicted molar refractivity (Wildman–Crippen MR) is 115 cm³/mol. The number of piperidine rings is 1. The number of aromatic nitrogens is 4. The summed E-state index contributed by atoms with van der Waals surface area (Å²) in [6, 6.07) is 11.3. The number of rotatable bonds is 4. The summed E-state index contributed by atoms with van der Waals surface area (Å²) in [7, 11) is 1.38. The molecule has 10 nitrogen and oxygen atoms in total. The van der Waals surface area contributed by atoms with Crippen LogP contribution in [-0.4, -0.2) is 37.8 Å². The lowest BCUT2D eigenvalue weighted by Gasteiger charge is -2.32. The lowest BCUT2D eigenvalue weighted by molar-refractivity contribution is 0.495. The molecule has 10 heteroatoms. The van der Waals surface area contributed by atoms with Gasteiger partial charge in [0.25, 0.3) is 5.56 Å². The van der Waals surface area contributed by atoms with Crippen LogP contribution in [0, 0.1) is 22.7 Å². The quantitative estimate of drug-likeness (QED) is 0.641. The first-order valence-corrected chi connectivity index (χ1v) is 10.0. The molecule has 2 N–H and O–H groups in total. The molecule has 1 saturated heterocycles. The molecule has 31 heavy (non-hydrogen) atoms. The van der Waals surface area contributed by atoms with Crippen LogP contribution in [0.4, 0.5) is 5.95 Å². The van der Waals surface area contributed by atoms with Crippen molar-refractivity contribution >= 4 is 17.1 Å². The highest BCUT2D eigenvalue weighted by Gasteiger charge is 2.26. The molecule has 1 aliphatic rings. The Hall–Kier alpha value is -3.89. The Morgan fingerprint density at radius 1 is 1.23 bits per heavy atom. The van der Waals surface area contributed by atoms with Crippen LogP contribution in [0.5, 0.6) is 0 Å². The Bertz CT molecular complexity index is 1350. The summed E-state index contributed by atoms with van der Waals surface area (Å²) in [6.07, 6.45) is 1.77. The SMILES string of the molecule is Cn1c(=O)c2c(nc(N3CCCC(N)C3)n2Cc2ccccc2C#N)n(CC#N)c1=O. The van der Waals surface area contributed by atoms with Gasteiger partial charge in [-0.05, 0) is 24.5 Å². The van der Waals surface area contributed by atoms with Gasteiger partial charge in [0.05, 0.1) is 24.2 Å². The molecule has 0 bridgehead atoms. The van der Waals surface area contributed by atoms with Crippen LogP contribution in [0.3, 0.4) is 0 Å². The minimum atomic E-state index is -0.594. The van der Waals surface area contributed by atoms with Crippen LogP contribution >= 0.6 is 0 Å². The number of benzene rings is 1. The third-order valence-electron chi connectivity index (χ3n) is 5.65. The Balaban J connectivity index is 2.02. The van der Waals surface area contributed by atoms with Crippen molar-refractivity contribution < 1.29 is 0 Å². The van der Waals surface area contributed by atoms with Crippen molar-refractivity contribution in [3.05, 3.63) is 56.2 Å². The lowest BCUT2D eigenvalue weighted by Crippen LogP contribution is -2.44. The molecule has 0 spiro atoms. The topological polar surface area (TPSA) is 139 Å². The van der Waals surface area contributed by atoms with E-state index < -0.39 is 11.2 Å². The van der Waals surface area contributed by atoms with E-state index in [4.69, 9.17) is 5.73 Å². The highest BCUT2D eigenvalue weighted by molar-refractivity contribution is 5.75. The highest BCUT2D eigenvalue weighted by Crippen LogP contribution is 2.25.